The van der Waals surface area contributed by atoms with Crippen LogP contribution >= 0.6 is 11.8 Å². The van der Waals surface area contributed by atoms with E-state index in [-0.39, 0.29) is 23.1 Å². The van der Waals surface area contributed by atoms with Crippen molar-refractivity contribution in [3.63, 3.8) is 0 Å². The standard InChI is InChI=1S/C24H31N3O5S2/c1-3-4-5-17-8-12-20(13-9-17)34(30,31)21-15-26-24(27-23(21)29)33-16-22(28)25-14-18-6-10-19(32-2)11-7-18/h6-13,21,24,26H,3-5,14-16H2,1-2H3,(H,25,28)(H,27,29). The van der Waals surface area contributed by atoms with Crippen LogP contribution in [0, 0.1) is 0 Å². The van der Waals surface area contributed by atoms with Gasteiger partial charge in [0.2, 0.25) is 11.8 Å². The van der Waals surface area contributed by atoms with Crippen LogP contribution in [-0.4, -0.2) is 50.4 Å². The normalized spacial score (nSPS) is 18.2. The van der Waals surface area contributed by atoms with E-state index < -0.39 is 26.5 Å². The molecule has 1 heterocycles. The Kier molecular flexibility index (Phi) is 9.37. The van der Waals surface area contributed by atoms with Crippen LogP contribution < -0.4 is 20.7 Å². The fraction of sp³-hybridized carbons (Fsp3) is 0.417. The number of benzene rings is 2. The number of ether oxygens (including phenoxy) is 1. The van der Waals surface area contributed by atoms with Gasteiger partial charge in [0.1, 0.15) is 11.2 Å². The first-order valence-electron chi connectivity index (χ1n) is 11.2. The van der Waals surface area contributed by atoms with Crippen molar-refractivity contribution < 1.29 is 22.7 Å². The third-order valence-electron chi connectivity index (χ3n) is 5.53. The van der Waals surface area contributed by atoms with E-state index in [1.807, 2.05) is 24.3 Å². The highest BCUT2D eigenvalue weighted by Crippen LogP contribution is 2.21. The molecule has 2 aromatic rings. The molecule has 2 aromatic carbocycles. The van der Waals surface area contributed by atoms with Gasteiger partial charge in [0.15, 0.2) is 15.1 Å². The zero-order valence-corrected chi connectivity index (χ0v) is 21.0. The van der Waals surface area contributed by atoms with Crippen molar-refractivity contribution in [3.8, 4) is 5.75 Å². The van der Waals surface area contributed by atoms with E-state index in [9.17, 15) is 18.0 Å². The van der Waals surface area contributed by atoms with Gasteiger partial charge in [0, 0.05) is 13.1 Å². The molecule has 0 radical (unpaired) electrons. The van der Waals surface area contributed by atoms with Gasteiger partial charge in [-0.1, -0.05) is 37.6 Å². The van der Waals surface area contributed by atoms with Gasteiger partial charge >= 0.3 is 0 Å². The molecule has 2 unspecified atom stereocenters. The number of hydrogen-bond donors (Lipinski definition) is 3. The van der Waals surface area contributed by atoms with Crippen molar-refractivity contribution in [2.45, 2.75) is 48.4 Å². The minimum absolute atomic E-state index is 0.0170. The summed E-state index contributed by atoms with van der Waals surface area (Å²) in [5.41, 5.74) is 1.48. The summed E-state index contributed by atoms with van der Waals surface area (Å²) in [6, 6.07) is 14.1. The van der Waals surface area contributed by atoms with Crippen LogP contribution in [0.1, 0.15) is 30.9 Å². The Balaban J connectivity index is 1.46. The molecular weight excluding hydrogens is 474 g/mol. The highest BCUT2D eigenvalue weighted by atomic mass is 32.2. The molecule has 184 valence electrons. The molecule has 34 heavy (non-hydrogen) atoms. The van der Waals surface area contributed by atoms with Gasteiger partial charge in [0.05, 0.1) is 17.8 Å². The monoisotopic (exact) mass is 505 g/mol. The molecule has 1 aliphatic rings. The van der Waals surface area contributed by atoms with Gasteiger partial charge in [-0.05, 0) is 48.2 Å². The molecule has 1 aliphatic heterocycles. The number of unbranched alkanes of at least 4 members (excludes halogenated alkanes) is 1. The Morgan fingerprint density at radius 1 is 1.12 bits per heavy atom. The molecule has 10 heteroatoms. The Bertz CT molecular complexity index is 1070. The molecule has 1 saturated heterocycles. The summed E-state index contributed by atoms with van der Waals surface area (Å²) in [6.07, 6.45) is 3.01. The van der Waals surface area contributed by atoms with Gasteiger partial charge in [-0.15, -0.1) is 11.8 Å². The van der Waals surface area contributed by atoms with E-state index >= 15 is 0 Å². The first-order chi connectivity index (χ1) is 16.3. The second-order valence-electron chi connectivity index (χ2n) is 8.01. The maximum atomic E-state index is 13.0. The Morgan fingerprint density at radius 2 is 1.79 bits per heavy atom. The van der Waals surface area contributed by atoms with E-state index in [2.05, 4.69) is 22.9 Å². The smallest absolute Gasteiger partial charge is 0.241 e. The third-order valence-corrected chi connectivity index (χ3v) is 8.64. The average Bonchev–Trinajstić information content (AvgIpc) is 2.85. The van der Waals surface area contributed by atoms with Crippen molar-refractivity contribution in [1.82, 2.24) is 16.0 Å². The zero-order valence-electron chi connectivity index (χ0n) is 19.4. The van der Waals surface area contributed by atoms with E-state index in [0.29, 0.717) is 6.54 Å². The second kappa shape index (κ2) is 12.2. The van der Waals surface area contributed by atoms with Gasteiger partial charge < -0.3 is 15.4 Å². The number of nitrogens with one attached hydrogen (secondary N) is 3. The van der Waals surface area contributed by atoms with Crippen molar-refractivity contribution >= 4 is 33.4 Å². The molecule has 3 rings (SSSR count). The van der Waals surface area contributed by atoms with Crippen molar-refractivity contribution in [2.75, 3.05) is 19.4 Å². The zero-order chi connectivity index (χ0) is 24.6. The lowest BCUT2D eigenvalue weighted by Crippen LogP contribution is -2.59. The summed E-state index contributed by atoms with van der Waals surface area (Å²) in [4.78, 5) is 24.9. The SMILES string of the molecule is CCCCc1ccc(S(=O)(=O)C2CNC(SCC(=O)NCc3ccc(OC)cc3)NC2=O)cc1. The largest absolute Gasteiger partial charge is 0.497 e. The van der Waals surface area contributed by atoms with Crippen LogP contribution in [0.5, 0.6) is 5.75 Å². The van der Waals surface area contributed by atoms with E-state index in [1.165, 1.54) is 11.8 Å². The number of sulfone groups is 1. The number of methoxy groups -OCH3 is 1. The fourth-order valence-corrected chi connectivity index (χ4v) is 5.82. The number of thioether (sulfide) groups is 1. The predicted molar refractivity (Wildman–Crippen MR) is 133 cm³/mol. The molecule has 2 atom stereocenters. The van der Waals surface area contributed by atoms with Crippen LogP contribution in [0.2, 0.25) is 0 Å². The summed E-state index contributed by atoms with van der Waals surface area (Å²) in [5, 5.41) is 7.29. The minimum atomic E-state index is -3.82. The maximum absolute atomic E-state index is 13.0. The first kappa shape index (κ1) is 26.1. The molecular formula is C24H31N3O5S2. The molecule has 2 amide bonds. The molecule has 0 aliphatic carbocycles. The number of hydrogen-bond acceptors (Lipinski definition) is 7. The molecule has 1 fully saturated rings. The molecule has 8 nitrogen and oxygen atoms in total. The molecule has 0 bridgehead atoms. The van der Waals surface area contributed by atoms with Crippen molar-refractivity contribution in [2.24, 2.45) is 0 Å². The summed E-state index contributed by atoms with van der Waals surface area (Å²) < 4.78 is 31.1. The van der Waals surface area contributed by atoms with E-state index in [4.69, 9.17) is 4.74 Å². The second-order valence-corrected chi connectivity index (χ2v) is 11.2. The summed E-state index contributed by atoms with van der Waals surface area (Å²) in [6.45, 7) is 2.47. The van der Waals surface area contributed by atoms with E-state index in [1.54, 1.807) is 31.4 Å². The fourth-order valence-electron chi connectivity index (χ4n) is 3.48. The topological polar surface area (TPSA) is 114 Å². The van der Waals surface area contributed by atoms with Crippen LogP contribution in [-0.2, 0) is 32.4 Å². The van der Waals surface area contributed by atoms with Gasteiger partial charge in [-0.2, -0.15) is 0 Å². The quantitative estimate of drug-likeness (QED) is 0.429. The predicted octanol–water partition coefficient (Wildman–Crippen LogP) is 2.23. The van der Waals surface area contributed by atoms with Crippen molar-refractivity contribution in [1.29, 1.82) is 0 Å². The number of amides is 2. The Morgan fingerprint density at radius 3 is 2.41 bits per heavy atom. The lowest BCUT2D eigenvalue weighted by Gasteiger charge is -2.29. The maximum Gasteiger partial charge on any atom is 0.241 e. The molecule has 0 saturated carbocycles. The lowest BCUT2D eigenvalue weighted by molar-refractivity contribution is -0.122. The number of carbonyl (C=O) groups excluding carboxylic acids is 2. The van der Waals surface area contributed by atoms with Gasteiger partial charge in [-0.25, -0.2) is 8.42 Å². The third kappa shape index (κ3) is 6.97. The number of rotatable bonds is 11. The molecule has 3 N–H and O–H groups in total. The minimum Gasteiger partial charge on any atom is -0.497 e. The number of aryl methyl sites for hydroxylation is 1. The van der Waals surface area contributed by atoms with Crippen molar-refractivity contribution in [3.05, 3.63) is 59.7 Å². The average molecular weight is 506 g/mol. The summed E-state index contributed by atoms with van der Waals surface area (Å²) in [7, 11) is -2.23. The van der Waals surface area contributed by atoms with Crippen LogP contribution in [0.15, 0.2) is 53.4 Å². The number of carbonyl (C=O) groups is 2. The Labute approximate surface area is 205 Å². The van der Waals surface area contributed by atoms with Gasteiger partial charge in [0.25, 0.3) is 0 Å². The van der Waals surface area contributed by atoms with Crippen LogP contribution in [0.25, 0.3) is 0 Å². The Hall–Kier alpha value is -2.56. The summed E-state index contributed by atoms with van der Waals surface area (Å²) in [5.74, 6) is 0.110. The summed E-state index contributed by atoms with van der Waals surface area (Å²) >= 11 is 1.20. The molecule has 0 spiro atoms. The first-order valence-corrected chi connectivity index (χ1v) is 13.8. The lowest BCUT2D eigenvalue weighted by atomic mass is 10.1. The highest BCUT2D eigenvalue weighted by Gasteiger charge is 2.38. The van der Waals surface area contributed by atoms with Gasteiger partial charge in [-0.3, -0.25) is 14.9 Å². The van der Waals surface area contributed by atoms with Crippen LogP contribution in [0.3, 0.4) is 0 Å². The van der Waals surface area contributed by atoms with Crippen LogP contribution in [0.4, 0.5) is 0 Å². The molecule has 0 aromatic heterocycles. The van der Waals surface area contributed by atoms with E-state index in [0.717, 1.165) is 36.1 Å². The highest BCUT2D eigenvalue weighted by molar-refractivity contribution is 8.00.